The molecule has 290 valence electrons. The molecule has 3 aromatic carbocycles. The molecule has 0 amide bonds. The minimum Gasteiger partial charge on any atom is -0.360 e. The van der Waals surface area contributed by atoms with Crippen molar-refractivity contribution < 1.29 is 0 Å². The molecule has 1 saturated heterocycles. The Morgan fingerprint density at radius 2 is 1.46 bits per heavy atom. The van der Waals surface area contributed by atoms with Crippen molar-refractivity contribution in [1.29, 1.82) is 0 Å². The lowest BCUT2D eigenvalue weighted by molar-refractivity contribution is 0.274. The first-order valence-electron chi connectivity index (χ1n) is 20.3. The van der Waals surface area contributed by atoms with Crippen LogP contribution in [0.3, 0.4) is 0 Å². The summed E-state index contributed by atoms with van der Waals surface area (Å²) < 4.78 is 2.36. The van der Waals surface area contributed by atoms with E-state index < -0.39 is 0 Å². The number of aromatic nitrogens is 1. The van der Waals surface area contributed by atoms with Crippen molar-refractivity contribution in [3.63, 3.8) is 0 Å². The van der Waals surface area contributed by atoms with Gasteiger partial charge in [-0.25, -0.2) is 0 Å². The maximum absolute atomic E-state index is 4.62. The Bertz CT molecular complexity index is 2330. The van der Waals surface area contributed by atoms with E-state index in [1.807, 2.05) is 18.2 Å². The van der Waals surface area contributed by atoms with E-state index in [1.54, 1.807) is 0 Å². The highest BCUT2D eigenvalue weighted by molar-refractivity contribution is 6.10. The number of nitrogens with zero attached hydrogens (tertiary/aromatic N) is 3. The summed E-state index contributed by atoms with van der Waals surface area (Å²) >= 11 is 0. The summed E-state index contributed by atoms with van der Waals surface area (Å²) in [5, 5.41) is 2.49. The highest BCUT2D eigenvalue weighted by Gasteiger charge is 2.44. The van der Waals surface area contributed by atoms with E-state index in [9.17, 15) is 0 Å². The van der Waals surface area contributed by atoms with E-state index in [0.29, 0.717) is 6.54 Å². The molecule has 0 bridgehead atoms. The molecule has 0 aliphatic carbocycles. The SMILES string of the molecule is C=CCCC(=C)C(=C)CCC(=C)N(C=CCC1C(=C)C(CC=C)C2=CC(=C)C(CC=C)N21)CC=CC(=CC)c1ccc2c(c1)c1ccccc1n2-c1ccccc1. The van der Waals surface area contributed by atoms with Crippen LogP contribution in [0.5, 0.6) is 0 Å². The second-order valence-electron chi connectivity index (χ2n) is 15.2. The normalized spacial score (nSPS) is 18.1. The molecule has 0 saturated carbocycles. The van der Waals surface area contributed by atoms with E-state index >= 15 is 0 Å². The Kier molecular flexibility index (Phi) is 13.3. The Morgan fingerprint density at radius 3 is 2.19 bits per heavy atom. The molecule has 3 heteroatoms. The second kappa shape index (κ2) is 18.7. The van der Waals surface area contributed by atoms with E-state index in [2.05, 4.69) is 183 Å². The molecule has 3 atom stereocenters. The van der Waals surface area contributed by atoms with Gasteiger partial charge in [0.25, 0.3) is 0 Å². The van der Waals surface area contributed by atoms with Gasteiger partial charge < -0.3 is 14.4 Å². The van der Waals surface area contributed by atoms with E-state index in [0.717, 1.165) is 73.0 Å². The van der Waals surface area contributed by atoms with Crippen LogP contribution in [-0.4, -0.2) is 33.0 Å². The number of allylic oxidation sites excluding steroid dienone is 9. The van der Waals surface area contributed by atoms with Crippen molar-refractivity contribution in [2.24, 2.45) is 5.92 Å². The zero-order valence-electron chi connectivity index (χ0n) is 34.0. The zero-order chi connectivity index (χ0) is 40.5. The van der Waals surface area contributed by atoms with Gasteiger partial charge in [-0.1, -0.05) is 129 Å². The molecular formula is C54H59N3. The lowest BCUT2D eigenvalue weighted by Gasteiger charge is -2.31. The number of benzene rings is 3. The minimum atomic E-state index is 0.178. The molecule has 2 aliphatic heterocycles. The predicted molar refractivity (Wildman–Crippen MR) is 249 cm³/mol. The fraction of sp³-hybridized carbons (Fsp3) is 0.222. The highest BCUT2D eigenvalue weighted by Crippen LogP contribution is 2.48. The van der Waals surface area contributed by atoms with Gasteiger partial charge in [0.2, 0.25) is 0 Å². The first-order valence-corrected chi connectivity index (χ1v) is 20.3. The summed E-state index contributed by atoms with van der Waals surface area (Å²) in [7, 11) is 0. The average Bonchev–Trinajstić information content (AvgIpc) is 3.82. The maximum atomic E-state index is 4.62. The molecule has 0 radical (unpaired) electrons. The zero-order valence-corrected chi connectivity index (χ0v) is 34.0. The Morgan fingerprint density at radius 1 is 0.737 bits per heavy atom. The molecular weight excluding hydrogens is 691 g/mol. The van der Waals surface area contributed by atoms with Crippen LogP contribution in [0.2, 0.25) is 0 Å². The maximum Gasteiger partial charge on any atom is 0.0575 e. The fourth-order valence-electron chi connectivity index (χ4n) is 8.47. The first-order chi connectivity index (χ1) is 27.7. The molecule has 1 aromatic heterocycles. The largest absolute Gasteiger partial charge is 0.360 e. The van der Waals surface area contributed by atoms with Crippen molar-refractivity contribution >= 4 is 27.4 Å². The molecule has 0 spiro atoms. The van der Waals surface area contributed by atoms with Gasteiger partial charge in [-0.15, -0.1) is 19.7 Å². The van der Waals surface area contributed by atoms with Crippen LogP contribution in [0, 0.1) is 5.92 Å². The van der Waals surface area contributed by atoms with Gasteiger partial charge in [0.05, 0.1) is 23.1 Å². The van der Waals surface area contributed by atoms with E-state index in [4.69, 9.17) is 0 Å². The Labute approximate surface area is 342 Å². The Balaban J connectivity index is 1.24. The highest BCUT2D eigenvalue weighted by atomic mass is 15.2. The van der Waals surface area contributed by atoms with Crippen molar-refractivity contribution in [2.75, 3.05) is 6.54 Å². The Hall–Kier alpha value is -6.06. The third kappa shape index (κ3) is 8.69. The summed E-state index contributed by atoms with van der Waals surface area (Å²) in [6.45, 7) is 37.0. The summed E-state index contributed by atoms with van der Waals surface area (Å²) in [6.07, 6.45) is 25.4. The minimum absolute atomic E-state index is 0.178. The monoisotopic (exact) mass is 749 g/mol. The number of para-hydroxylation sites is 2. The number of hydrogen-bond acceptors (Lipinski definition) is 2. The summed E-state index contributed by atoms with van der Waals surface area (Å²) in [5.41, 5.74) is 12.8. The molecule has 4 aromatic rings. The second-order valence-corrected chi connectivity index (χ2v) is 15.2. The molecule has 2 aliphatic rings. The van der Waals surface area contributed by atoms with Crippen molar-refractivity contribution in [1.82, 2.24) is 14.4 Å². The quantitative estimate of drug-likeness (QED) is 0.0658. The molecule has 57 heavy (non-hydrogen) atoms. The number of hydrogen-bond donors (Lipinski definition) is 0. The fourth-order valence-corrected chi connectivity index (χ4v) is 8.47. The van der Waals surface area contributed by atoms with Crippen LogP contribution in [0.25, 0.3) is 33.1 Å². The van der Waals surface area contributed by atoms with Gasteiger partial charge in [-0.2, -0.15) is 0 Å². The van der Waals surface area contributed by atoms with Crippen LogP contribution >= 0.6 is 0 Å². The van der Waals surface area contributed by atoms with E-state index in [1.165, 1.54) is 44.2 Å². The first kappa shape index (κ1) is 40.6. The molecule has 6 rings (SSSR count). The molecule has 3 heterocycles. The van der Waals surface area contributed by atoms with Gasteiger partial charge >= 0.3 is 0 Å². The van der Waals surface area contributed by atoms with E-state index in [-0.39, 0.29) is 18.0 Å². The van der Waals surface area contributed by atoms with Crippen molar-refractivity contribution in [3.05, 3.63) is 219 Å². The van der Waals surface area contributed by atoms with Crippen LogP contribution < -0.4 is 0 Å². The number of rotatable bonds is 20. The van der Waals surface area contributed by atoms with Crippen LogP contribution in [0.4, 0.5) is 0 Å². The summed E-state index contributed by atoms with van der Waals surface area (Å²) in [5.74, 6) is 0.259. The predicted octanol–water partition coefficient (Wildman–Crippen LogP) is 14.2. The van der Waals surface area contributed by atoms with Gasteiger partial charge in [0.15, 0.2) is 0 Å². The molecule has 3 unspecified atom stereocenters. The topological polar surface area (TPSA) is 11.4 Å². The molecule has 3 nitrogen and oxygen atoms in total. The van der Waals surface area contributed by atoms with Crippen LogP contribution in [0.1, 0.15) is 57.4 Å². The summed E-state index contributed by atoms with van der Waals surface area (Å²) in [6, 6.07) is 26.5. The molecule has 1 fully saturated rings. The van der Waals surface area contributed by atoms with Crippen LogP contribution in [-0.2, 0) is 0 Å². The van der Waals surface area contributed by atoms with Crippen molar-refractivity contribution in [3.8, 4) is 5.69 Å². The summed E-state index contributed by atoms with van der Waals surface area (Å²) in [4.78, 5) is 4.81. The lowest BCUT2D eigenvalue weighted by atomic mass is 9.91. The van der Waals surface area contributed by atoms with Gasteiger partial charge in [0.1, 0.15) is 0 Å². The average molecular weight is 750 g/mol. The van der Waals surface area contributed by atoms with Gasteiger partial charge in [-0.3, -0.25) is 0 Å². The standard InChI is InChI=1S/C54H59N3/c1-10-14-24-39(5)40(6)31-32-42(8)55(36-21-30-51-43(9)47(22-11-2)54-37-41(7)50(23-12-3)57(51)54)35-20-25-44(13-4)45-33-34-53-49(38-45)48-28-18-19-29-52(48)56(53)46-26-16-15-17-27-46/h10-13,15-21,25-29,33-34,36-38,47,50-51H,1-3,5-9,14,22-24,30-32,35H2,4H3. The smallest absolute Gasteiger partial charge is 0.0575 e. The van der Waals surface area contributed by atoms with Gasteiger partial charge in [0, 0.05) is 46.5 Å². The lowest BCUT2D eigenvalue weighted by Crippen LogP contribution is -2.35. The third-order valence-electron chi connectivity index (χ3n) is 11.6. The third-order valence-corrected chi connectivity index (χ3v) is 11.6. The van der Waals surface area contributed by atoms with Gasteiger partial charge in [-0.05, 0) is 111 Å². The molecule has 0 N–H and O–H groups in total. The van der Waals surface area contributed by atoms with Crippen LogP contribution in [0.15, 0.2) is 214 Å². The number of fused-ring (bicyclic) bond motifs is 4. The van der Waals surface area contributed by atoms with Crippen molar-refractivity contribution in [2.45, 2.75) is 64.0 Å².